The van der Waals surface area contributed by atoms with Gasteiger partial charge < -0.3 is 9.84 Å². The third-order valence-corrected chi connectivity index (χ3v) is 3.69. The summed E-state index contributed by atoms with van der Waals surface area (Å²) in [6, 6.07) is 1.61. The van der Waals surface area contributed by atoms with Crippen molar-refractivity contribution < 1.29 is 9.84 Å². The van der Waals surface area contributed by atoms with Crippen molar-refractivity contribution in [3.63, 3.8) is 0 Å². The molecule has 2 unspecified atom stereocenters. The van der Waals surface area contributed by atoms with E-state index in [1.165, 1.54) is 6.20 Å². The van der Waals surface area contributed by atoms with Crippen molar-refractivity contribution in [2.24, 2.45) is 0 Å². The van der Waals surface area contributed by atoms with Gasteiger partial charge in [-0.1, -0.05) is 23.2 Å². The first kappa shape index (κ1) is 14.1. The number of rotatable bonds is 5. The third kappa shape index (κ3) is 3.82. The highest BCUT2D eigenvalue weighted by atomic mass is 35.5. The fourth-order valence-electron chi connectivity index (χ4n) is 2.22. The highest BCUT2D eigenvalue weighted by molar-refractivity contribution is 6.34. The van der Waals surface area contributed by atoms with Crippen LogP contribution in [0.3, 0.4) is 0 Å². The SMILES string of the molecule is OC(CCCC1CCCO1)c1ncc(Cl)cc1Cl. The maximum Gasteiger partial charge on any atom is 0.0974 e. The van der Waals surface area contributed by atoms with Gasteiger partial charge in [0.15, 0.2) is 0 Å². The Morgan fingerprint density at radius 3 is 3.00 bits per heavy atom. The summed E-state index contributed by atoms with van der Waals surface area (Å²) in [5.74, 6) is 0. The van der Waals surface area contributed by atoms with Crippen LogP contribution in [-0.4, -0.2) is 22.8 Å². The quantitative estimate of drug-likeness (QED) is 0.897. The number of aliphatic hydroxyl groups is 1. The van der Waals surface area contributed by atoms with Gasteiger partial charge >= 0.3 is 0 Å². The standard InChI is InChI=1S/C13H17Cl2NO2/c14-9-7-11(15)13(16-8-9)12(17)5-1-3-10-4-2-6-18-10/h7-8,10,12,17H,1-6H2. The average Bonchev–Trinajstić information content (AvgIpc) is 2.81. The molecule has 0 bridgehead atoms. The van der Waals surface area contributed by atoms with E-state index >= 15 is 0 Å². The lowest BCUT2D eigenvalue weighted by atomic mass is 10.0. The molecule has 2 atom stereocenters. The highest BCUT2D eigenvalue weighted by Crippen LogP contribution is 2.27. The van der Waals surface area contributed by atoms with Crippen molar-refractivity contribution in [1.82, 2.24) is 4.98 Å². The lowest BCUT2D eigenvalue weighted by Gasteiger charge is -2.13. The number of aliphatic hydroxyl groups excluding tert-OH is 1. The zero-order valence-electron chi connectivity index (χ0n) is 10.1. The summed E-state index contributed by atoms with van der Waals surface area (Å²) in [5, 5.41) is 10.9. The Kier molecular flexibility index (Phi) is 5.25. The van der Waals surface area contributed by atoms with Gasteiger partial charge in [-0.2, -0.15) is 0 Å². The Bertz CT molecular complexity index is 395. The predicted molar refractivity (Wildman–Crippen MR) is 72.0 cm³/mol. The molecule has 0 aromatic carbocycles. The molecule has 0 radical (unpaired) electrons. The predicted octanol–water partition coefficient (Wildman–Crippen LogP) is 3.77. The number of pyridine rings is 1. The van der Waals surface area contributed by atoms with E-state index in [0.29, 0.717) is 28.3 Å². The van der Waals surface area contributed by atoms with Gasteiger partial charge in [-0.15, -0.1) is 0 Å². The van der Waals surface area contributed by atoms with Crippen molar-refractivity contribution in [2.45, 2.75) is 44.3 Å². The Morgan fingerprint density at radius 2 is 2.33 bits per heavy atom. The maximum absolute atomic E-state index is 10.0. The first-order chi connectivity index (χ1) is 8.66. The van der Waals surface area contributed by atoms with Gasteiger partial charge in [-0.3, -0.25) is 4.98 Å². The van der Waals surface area contributed by atoms with Crippen molar-refractivity contribution in [2.75, 3.05) is 6.61 Å². The van der Waals surface area contributed by atoms with Crippen LogP contribution in [0.1, 0.15) is 43.9 Å². The summed E-state index contributed by atoms with van der Waals surface area (Å²) in [4.78, 5) is 4.08. The molecule has 0 amide bonds. The molecule has 1 aliphatic rings. The van der Waals surface area contributed by atoms with Gasteiger partial charge in [0, 0.05) is 12.8 Å². The lowest BCUT2D eigenvalue weighted by Crippen LogP contribution is -2.07. The second kappa shape index (κ2) is 6.71. The van der Waals surface area contributed by atoms with E-state index in [1.54, 1.807) is 6.07 Å². The van der Waals surface area contributed by atoms with Crippen molar-refractivity contribution >= 4 is 23.2 Å². The molecule has 1 aliphatic heterocycles. The molecule has 1 saturated heterocycles. The second-order valence-corrected chi connectivity index (χ2v) is 5.45. The van der Waals surface area contributed by atoms with E-state index in [9.17, 15) is 5.11 Å². The van der Waals surface area contributed by atoms with E-state index in [4.69, 9.17) is 27.9 Å². The fourth-order valence-corrected chi connectivity index (χ4v) is 2.72. The van der Waals surface area contributed by atoms with Crippen LogP contribution in [0.25, 0.3) is 0 Å². The van der Waals surface area contributed by atoms with Crippen molar-refractivity contribution in [3.05, 3.63) is 28.0 Å². The van der Waals surface area contributed by atoms with Gasteiger partial charge in [-0.25, -0.2) is 0 Å². The van der Waals surface area contributed by atoms with E-state index in [2.05, 4.69) is 4.98 Å². The minimum Gasteiger partial charge on any atom is -0.387 e. The molecule has 2 rings (SSSR count). The van der Waals surface area contributed by atoms with Gasteiger partial charge in [-0.05, 0) is 38.2 Å². The van der Waals surface area contributed by atoms with Gasteiger partial charge in [0.25, 0.3) is 0 Å². The van der Waals surface area contributed by atoms with Crippen LogP contribution in [-0.2, 0) is 4.74 Å². The highest BCUT2D eigenvalue weighted by Gasteiger charge is 2.17. The molecule has 2 heterocycles. The Balaban J connectivity index is 1.81. The topological polar surface area (TPSA) is 42.4 Å². The van der Waals surface area contributed by atoms with Crippen molar-refractivity contribution in [1.29, 1.82) is 0 Å². The molecular weight excluding hydrogens is 273 g/mol. The zero-order chi connectivity index (χ0) is 13.0. The Morgan fingerprint density at radius 1 is 1.50 bits per heavy atom. The first-order valence-electron chi connectivity index (χ1n) is 6.27. The monoisotopic (exact) mass is 289 g/mol. The van der Waals surface area contributed by atoms with Crippen molar-refractivity contribution in [3.8, 4) is 0 Å². The van der Waals surface area contributed by atoms with E-state index in [0.717, 1.165) is 32.3 Å². The third-order valence-electron chi connectivity index (χ3n) is 3.18. The molecule has 1 aromatic heterocycles. The Labute approximate surface area is 117 Å². The normalized spacial score (nSPS) is 21.2. The first-order valence-corrected chi connectivity index (χ1v) is 7.03. The van der Waals surface area contributed by atoms with E-state index < -0.39 is 6.10 Å². The second-order valence-electron chi connectivity index (χ2n) is 4.60. The lowest BCUT2D eigenvalue weighted by molar-refractivity contribution is 0.0939. The van der Waals surface area contributed by atoms with Crippen LogP contribution in [0.4, 0.5) is 0 Å². The molecule has 3 nitrogen and oxygen atoms in total. The van der Waals surface area contributed by atoms with Gasteiger partial charge in [0.1, 0.15) is 0 Å². The zero-order valence-corrected chi connectivity index (χ0v) is 11.6. The molecule has 0 spiro atoms. The molecule has 5 heteroatoms. The number of ether oxygens (including phenoxy) is 1. The largest absolute Gasteiger partial charge is 0.387 e. The summed E-state index contributed by atoms with van der Waals surface area (Å²) in [6.45, 7) is 0.873. The smallest absolute Gasteiger partial charge is 0.0974 e. The van der Waals surface area contributed by atoms with E-state index in [-0.39, 0.29) is 0 Å². The maximum atomic E-state index is 10.0. The minimum absolute atomic E-state index is 0.367. The number of aromatic nitrogens is 1. The average molecular weight is 290 g/mol. The van der Waals surface area contributed by atoms with Gasteiger partial charge in [0.05, 0.1) is 27.9 Å². The molecule has 0 aliphatic carbocycles. The number of halogens is 2. The van der Waals surface area contributed by atoms with Crippen LogP contribution in [0.2, 0.25) is 10.0 Å². The molecule has 18 heavy (non-hydrogen) atoms. The molecule has 0 saturated carbocycles. The summed E-state index contributed by atoms with van der Waals surface area (Å²) in [7, 11) is 0. The molecule has 1 N–H and O–H groups in total. The molecular formula is C13H17Cl2NO2. The number of hydrogen-bond donors (Lipinski definition) is 1. The number of nitrogens with zero attached hydrogens (tertiary/aromatic N) is 1. The summed E-state index contributed by atoms with van der Waals surface area (Å²) in [5.41, 5.74) is 0.508. The molecule has 100 valence electrons. The fraction of sp³-hybridized carbons (Fsp3) is 0.615. The van der Waals surface area contributed by atoms with Crippen LogP contribution >= 0.6 is 23.2 Å². The van der Waals surface area contributed by atoms with Crippen LogP contribution in [0, 0.1) is 0 Å². The van der Waals surface area contributed by atoms with Crippen LogP contribution in [0.15, 0.2) is 12.3 Å². The summed E-state index contributed by atoms with van der Waals surface area (Å²) in [6.07, 6.45) is 6.07. The van der Waals surface area contributed by atoms with Crippen LogP contribution < -0.4 is 0 Å². The summed E-state index contributed by atoms with van der Waals surface area (Å²) < 4.78 is 5.54. The van der Waals surface area contributed by atoms with Crippen LogP contribution in [0.5, 0.6) is 0 Å². The summed E-state index contributed by atoms with van der Waals surface area (Å²) >= 11 is 11.8. The Hall–Kier alpha value is -0.350. The molecule has 1 aromatic rings. The van der Waals surface area contributed by atoms with Gasteiger partial charge in [0.2, 0.25) is 0 Å². The minimum atomic E-state index is -0.629. The molecule has 1 fully saturated rings. The number of hydrogen-bond acceptors (Lipinski definition) is 3. The van der Waals surface area contributed by atoms with E-state index in [1.807, 2.05) is 0 Å².